The number of aliphatic hydroxyl groups excluding tert-OH is 7. The molecule has 0 spiro atoms. The Morgan fingerprint density at radius 2 is 1.24 bits per heavy atom. The van der Waals surface area contributed by atoms with E-state index in [1.54, 1.807) is 0 Å². The fraction of sp³-hybridized carbons (Fsp3) is 0.957. The summed E-state index contributed by atoms with van der Waals surface area (Å²) in [6, 6.07) is -4.55. The van der Waals surface area contributed by atoms with Gasteiger partial charge >= 0.3 is 0 Å². The van der Waals surface area contributed by atoms with E-state index in [0.29, 0.717) is 0 Å². The third kappa shape index (κ3) is 6.49. The minimum atomic E-state index is -1.68. The van der Waals surface area contributed by atoms with Gasteiger partial charge in [-0.15, -0.1) is 0 Å². The molecule has 244 valence electrons. The molecule has 0 unspecified atom stereocenters. The van der Waals surface area contributed by atoms with Crippen LogP contribution in [-0.2, 0) is 33.2 Å². The Balaban J connectivity index is 1.50. The van der Waals surface area contributed by atoms with Crippen LogP contribution in [0.3, 0.4) is 0 Å². The summed E-state index contributed by atoms with van der Waals surface area (Å²) in [5, 5.41) is 71.8. The van der Waals surface area contributed by atoms with Gasteiger partial charge < -0.3 is 92.8 Å². The number of hydrogen-bond acceptors (Lipinski definition) is 19. The van der Waals surface area contributed by atoms with E-state index in [1.807, 2.05) is 0 Å². The maximum Gasteiger partial charge on any atom is 0.187 e. The van der Waals surface area contributed by atoms with E-state index in [-0.39, 0.29) is 13.0 Å². The monoisotopic (exact) mass is 613 g/mol. The lowest BCUT2D eigenvalue weighted by Gasteiger charge is -2.46. The van der Waals surface area contributed by atoms with Crippen molar-refractivity contribution < 1.29 is 69.0 Å². The van der Waals surface area contributed by atoms with E-state index in [9.17, 15) is 40.5 Å². The van der Waals surface area contributed by atoms with Gasteiger partial charge in [-0.1, -0.05) is 0 Å². The predicted molar refractivity (Wildman–Crippen MR) is 135 cm³/mol. The predicted octanol–water partition coefficient (Wildman–Crippen LogP) is -8.65. The topological polar surface area (TPSA) is 344 Å². The Hall–Kier alpha value is -1.05. The van der Waals surface area contributed by atoms with Crippen molar-refractivity contribution in [2.45, 2.75) is 117 Å². The molecule has 0 radical (unpaired) electrons. The Morgan fingerprint density at radius 3 is 1.86 bits per heavy atom. The fourth-order valence-corrected chi connectivity index (χ4v) is 5.58. The van der Waals surface area contributed by atoms with Crippen LogP contribution in [-0.4, -0.2) is 171 Å². The number of carbonyl (C=O) groups excluding carboxylic acids is 1. The molecule has 0 aromatic rings. The third-order valence-electron chi connectivity index (χ3n) is 8.14. The minimum Gasteiger partial charge on any atom is -0.394 e. The molecule has 3 aliphatic heterocycles. The lowest BCUT2D eigenvalue weighted by molar-refractivity contribution is -0.293. The maximum absolute atomic E-state index is 12.4. The highest BCUT2D eigenvalue weighted by atomic mass is 16.8. The Labute approximate surface area is 240 Å². The second-order valence-corrected chi connectivity index (χ2v) is 11.0. The van der Waals surface area contributed by atoms with E-state index < -0.39 is 129 Å². The normalized spacial score (nSPS) is 52.0. The third-order valence-corrected chi connectivity index (χ3v) is 8.14. The number of nitrogens with two attached hydrogens (primary N) is 5. The number of aliphatic hydroxyl groups is 7. The second-order valence-electron chi connectivity index (χ2n) is 11.0. The highest BCUT2D eigenvalue weighted by Gasteiger charge is 2.54. The van der Waals surface area contributed by atoms with Crippen molar-refractivity contribution in [1.82, 2.24) is 0 Å². The molecular weight excluding hydrogens is 570 g/mol. The van der Waals surface area contributed by atoms with Gasteiger partial charge in [0.05, 0.1) is 25.4 Å². The fourth-order valence-electron chi connectivity index (χ4n) is 5.58. The van der Waals surface area contributed by atoms with E-state index in [2.05, 4.69) is 0 Å². The summed E-state index contributed by atoms with van der Waals surface area (Å²) in [6.45, 7) is -1.56. The van der Waals surface area contributed by atoms with Gasteiger partial charge in [-0.05, 0) is 6.42 Å². The Kier molecular flexibility index (Phi) is 11.2. The van der Waals surface area contributed by atoms with Crippen molar-refractivity contribution in [2.24, 2.45) is 28.7 Å². The van der Waals surface area contributed by atoms with Crippen molar-refractivity contribution in [3.05, 3.63) is 0 Å². The van der Waals surface area contributed by atoms with Crippen molar-refractivity contribution in [3.63, 3.8) is 0 Å². The molecule has 0 bridgehead atoms. The Bertz CT molecular complexity index is 910. The lowest BCUT2D eigenvalue weighted by atomic mass is 9.84. The SMILES string of the molecule is NC[C@@H]1O[C@H](O[C@H]2[C@@H](O)[C@H](O[C@@H]3[C@@H](O)[C@H](N)C[C@H](N)[C@H]3O[C@H]3O[C@H](CO)[C@@H](O)C(=O)[C@H]3N)O[C@@H]2CO)[C@H](N)[C@@H](O)[C@@H]1O. The Morgan fingerprint density at radius 1 is 0.667 bits per heavy atom. The van der Waals surface area contributed by atoms with E-state index in [4.69, 9.17) is 57.1 Å². The summed E-state index contributed by atoms with van der Waals surface area (Å²) >= 11 is 0. The molecule has 1 aliphatic carbocycles. The summed E-state index contributed by atoms with van der Waals surface area (Å²) < 4.78 is 34.2. The largest absolute Gasteiger partial charge is 0.394 e. The number of Topliss-reactive ketones (excluding diaryl/α,β-unsaturated/α-hetero) is 1. The van der Waals surface area contributed by atoms with Crippen LogP contribution < -0.4 is 28.7 Å². The molecule has 0 aromatic carbocycles. The van der Waals surface area contributed by atoms with Crippen molar-refractivity contribution in [3.8, 4) is 0 Å². The molecule has 19 nitrogen and oxygen atoms in total. The van der Waals surface area contributed by atoms with Crippen LogP contribution in [0.25, 0.3) is 0 Å². The number of ketones is 1. The summed E-state index contributed by atoms with van der Waals surface area (Å²) in [4.78, 5) is 12.4. The van der Waals surface area contributed by atoms with Crippen LogP contribution >= 0.6 is 0 Å². The van der Waals surface area contributed by atoms with Gasteiger partial charge in [0, 0.05) is 18.6 Å². The standard InChI is InChI=1S/C23H43N5O14/c24-2-7-13(32)15(34)10(27)21(37-7)41-19-9(4-30)39-23(17(19)36)42-20-12(31)5(25)1-6(26)18(20)40-22-11(28)16(35)14(33)8(3-29)38-22/h5-15,17-23,29-34,36H,1-4,24-28H2/t5-,6+,7+,8-,9-,10-,11-,12+,13-,14-,15-,17-,18-,19-,20-,21-,22-,23+/m1/s1. The van der Waals surface area contributed by atoms with Gasteiger partial charge in [-0.2, -0.15) is 0 Å². The molecule has 19 heteroatoms. The van der Waals surface area contributed by atoms with Crippen LogP contribution in [0.2, 0.25) is 0 Å². The van der Waals surface area contributed by atoms with Crippen LogP contribution in [0.1, 0.15) is 6.42 Å². The minimum absolute atomic E-state index is 0.0418. The average molecular weight is 614 g/mol. The molecule has 18 atom stereocenters. The molecule has 3 saturated heterocycles. The molecule has 1 saturated carbocycles. The molecule has 0 aromatic heterocycles. The van der Waals surface area contributed by atoms with Gasteiger partial charge in [-0.3, -0.25) is 4.79 Å². The zero-order chi connectivity index (χ0) is 31.0. The van der Waals surface area contributed by atoms with Crippen LogP contribution in [0.15, 0.2) is 0 Å². The smallest absolute Gasteiger partial charge is 0.187 e. The van der Waals surface area contributed by atoms with Gasteiger partial charge in [0.1, 0.15) is 67.1 Å². The van der Waals surface area contributed by atoms with E-state index >= 15 is 0 Å². The van der Waals surface area contributed by atoms with Crippen LogP contribution in [0, 0.1) is 0 Å². The number of rotatable bonds is 9. The van der Waals surface area contributed by atoms with E-state index in [0.717, 1.165) is 0 Å². The zero-order valence-electron chi connectivity index (χ0n) is 22.6. The maximum atomic E-state index is 12.4. The van der Waals surface area contributed by atoms with E-state index in [1.165, 1.54) is 0 Å². The van der Waals surface area contributed by atoms with Gasteiger partial charge in [-0.25, -0.2) is 0 Å². The lowest BCUT2D eigenvalue weighted by Crippen LogP contribution is -2.67. The highest BCUT2D eigenvalue weighted by molar-refractivity contribution is 5.89. The van der Waals surface area contributed by atoms with Crippen molar-refractivity contribution in [1.29, 1.82) is 0 Å². The first-order valence-corrected chi connectivity index (χ1v) is 13.6. The molecule has 42 heavy (non-hydrogen) atoms. The first-order chi connectivity index (χ1) is 19.8. The summed E-state index contributed by atoms with van der Waals surface area (Å²) in [5.41, 5.74) is 29.8. The number of ether oxygens (including phenoxy) is 6. The number of carbonyl (C=O) groups is 1. The summed E-state index contributed by atoms with van der Waals surface area (Å²) in [6.07, 6.45) is -19.6. The molecular formula is C23H43N5O14. The van der Waals surface area contributed by atoms with Crippen LogP contribution in [0.5, 0.6) is 0 Å². The van der Waals surface area contributed by atoms with Crippen molar-refractivity contribution in [2.75, 3.05) is 19.8 Å². The highest BCUT2D eigenvalue weighted by Crippen LogP contribution is 2.34. The van der Waals surface area contributed by atoms with Crippen LogP contribution in [0.4, 0.5) is 0 Å². The summed E-state index contributed by atoms with van der Waals surface area (Å²) in [7, 11) is 0. The molecule has 4 fully saturated rings. The first-order valence-electron chi connectivity index (χ1n) is 13.6. The first kappa shape index (κ1) is 33.8. The van der Waals surface area contributed by atoms with Gasteiger partial charge in [0.2, 0.25) is 0 Å². The summed E-state index contributed by atoms with van der Waals surface area (Å²) in [5.74, 6) is -0.845. The molecule has 3 heterocycles. The molecule has 4 aliphatic rings. The average Bonchev–Trinajstić information content (AvgIpc) is 3.27. The second kappa shape index (κ2) is 13.9. The quantitative estimate of drug-likeness (QED) is 0.115. The molecule has 0 amide bonds. The zero-order valence-corrected chi connectivity index (χ0v) is 22.6. The van der Waals surface area contributed by atoms with Crippen molar-refractivity contribution >= 4 is 5.78 Å². The van der Waals surface area contributed by atoms with Gasteiger partial charge in [0.25, 0.3) is 0 Å². The molecule has 17 N–H and O–H groups in total. The van der Waals surface area contributed by atoms with Gasteiger partial charge in [0.15, 0.2) is 24.7 Å². The molecule has 4 rings (SSSR count). The number of hydrogen-bond donors (Lipinski definition) is 12.